The quantitative estimate of drug-likeness (QED) is 0.617. The molecule has 7 nitrogen and oxygen atoms in total. The Bertz CT molecular complexity index is 766. The van der Waals surface area contributed by atoms with Gasteiger partial charge in [-0.25, -0.2) is 18.9 Å². The molecule has 1 aromatic carbocycles. The Morgan fingerprint density at radius 1 is 1.45 bits per heavy atom. The molecule has 1 aliphatic heterocycles. The summed E-state index contributed by atoms with van der Waals surface area (Å²) in [4.78, 5) is 26.4. The van der Waals surface area contributed by atoms with Crippen molar-refractivity contribution in [1.29, 1.82) is 0 Å². The van der Waals surface area contributed by atoms with Crippen LogP contribution in [-0.4, -0.2) is 20.7 Å². The van der Waals surface area contributed by atoms with E-state index in [2.05, 4.69) is 15.3 Å². The molecule has 0 aliphatic carbocycles. The zero-order valence-corrected chi connectivity index (χ0v) is 10.2. The van der Waals surface area contributed by atoms with Crippen molar-refractivity contribution >= 4 is 23.5 Å². The number of nitrogens with zero attached hydrogens (tertiary/aromatic N) is 4. The average molecular weight is 274 g/mol. The van der Waals surface area contributed by atoms with Crippen LogP contribution in [0.1, 0.15) is 21.7 Å². The molecule has 0 fully saturated rings. The molecule has 100 valence electrons. The monoisotopic (exact) mass is 274 g/mol. The molecular weight excluding hydrogens is 267 g/mol. The molecule has 1 aliphatic rings. The Morgan fingerprint density at radius 3 is 2.90 bits per heavy atom. The van der Waals surface area contributed by atoms with E-state index in [1.54, 1.807) is 7.05 Å². The molecule has 2 heterocycles. The number of esters is 1. The Labute approximate surface area is 111 Å². The van der Waals surface area contributed by atoms with E-state index in [-0.39, 0.29) is 22.6 Å². The molecule has 0 saturated heterocycles. The van der Waals surface area contributed by atoms with Gasteiger partial charge in [-0.05, 0) is 11.2 Å². The van der Waals surface area contributed by atoms with Gasteiger partial charge in [-0.1, -0.05) is 0 Å². The molecule has 1 aromatic heterocycles. The number of nitroso groups, excluding NO2 is 1. The number of fused-ring (bicyclic) bond motifs is 1. The van der Waals surface area contributed by atoms with Gasteiger partial charge in [-0.2, -0.15) is 5.10 Å². The Morgan fingerprint density at radius 2 is 2.25 bits per heavy atom. The number of halogens is 1. The molecule has 0 N–H and O–H groups in total. The van der Waals surface area contributed by atoms with Crippen molar-refractivity contribution in [2.75, 3.05) is 0 Å². The van der Waals surface area contributed by atoms with Gasteiger partial charge in [0.15, 0.2) is 5.82 Å². The number of ether oxygens (including phenoxy) is 1. The molecule has 3 rings (SSSR count). The number of hydrogen-bond donors (Lipinski definition) is 0. The number of hydrogen-bond acceptors (Lipinski definition) is 6. The summed E-state index contributed by atoms with van der Waals surface area (Å²) in [5.74, 6) is -0.953. The van der Waals surface area contributed by atoms with Crippen molar-refractivity contribution in [2.45, 2.75) is 0 Å². The van der Waals surface area contributed by atoms with E-state index in [0.29, 0.717) is 5.82 Å². The Hall–Kier alpha value is -2.90. The predicted molar refractivity (Wildman–Crippen MR) is 66.1 cm³/mol. The van der Waals surface area contributed by atoms with Crippen LogP contribution < -0.4 is 0 Å². The predicted octanol–water partition coefficient (Wildman–Crippen LogP) is 2.02. The zero-order valence-electron chi connectivity index (χ0n) is 10.2. The van der Waals surface area contributed by atoms with Gasteiger partial charge in [0.25, 0.3) is 0 Å². The van der Waals surface area contributed by atoms with E-state index in [1.165, 1.54) is 17.1 Å². The third kappa shape index (κ3) is 1.78. The number of carbonyl (C=O) groups is 1. The molecule has 0 bridgehead atoms. The van der Waals surface area contributed by atoms with Gasteiger partial charge in [0.2, 0.25) is 0 Å². The summed E-state index contributed by atoms with van der Waals surface area (Å²) in [7, 11) is 1.65. The van der Waals surface area contributed by atoms with E-state index >= 15 is 0 Å². The van der Waals surface area contributed by atoms with Crippen LogP contribution in [0.15, 0.2) is 23.6 Å². The van der Waals surface area contributed by atoms with Crippen LogP contribution in [0.4, 0.5) is 10.1 Å². The lowest BCUT2D eigenvalue weighted by molar-refractivity contribution is 0.0716. The summed E-state index contributed by atoms with van der Waals surface area (Å²) in [6.45, 7) is 0. The molecule has 0 spiro atoms. The average Bonchev–Trinajstić information content (AvgIpc) is 2.95. The first-order chi connectivity index (χ1) is 9.60. The normalized spacial score (nSPS) is 15.3. The number of rotatable bonds is 2. The van der Waals surface area contributed by atoms with Crippen molar-refractivity contribution in [3.63, 3.8) is 0 Å². The van der Waals surface area contributed by atoms with Crippen molar-refractivity contribution in [3.05, 3.63) is 46.1 Å². The first-order valence-corrected chi connectivity index (χ1v) is 5.55. The smallest absolute Gasteiger partial charge is 0.344 e. The largest absolute Gasteiger partial charge is 0.422 e. The van der Waals surface area contributed by atoms with Crippen molar-refractivity contribution in [3.8, 4) is 0 Å². The summed E-state index contributed by atoms with van der Waals surface area (Å²) >= 11 is 0. The van der Waals surface area contributed by atoms with Gasteiger partial charge in [0.05, 0.1) is 11.1 Å². The minimum Gasteiger partial charge on any atom is -0.422 e. The number of cyclic esters (lactones) is 1. The van der Waals surface area contributed by atoms with Crippen LogP contribution in [0.25, 0.3) is 11.8 Å². The first-order valence-electron chi connectivity index (χ1n) is 5.55. The van der Waals surface area contributed by atoms with Crippen LogP contribution in [-0.2, 0) is 11.8 Å². The lowest BCUT2D eigenvalue weighted by atomic mass is 10.1. The van der Waals surface area contributed by atoms with Crippen molar-refractivity contribution < 1.29 is 13.9 Å². The van der Waals surface area contributed by atoms with Gasteiger partial charge in [0, 0.05) is 19.2 Å². The molecular formula is C12H7FN4O3. The van der Waals surface area contributed by atoms with E-state index in [4.69, 9.17) is 4.74 Å². The fraction of sp³-hybridized carbons (Fsp3) is 0.0833. The summed E-state index contributed by atoms with van der Waals surface area (Å²) in [6, 6.07) is 1.95. The molecule has 0 saturated carbocycles. The Balaban J connectivity index is 2.21. The van der Waals surface area contributed by atoms with Gasteiger partial charge in [-0.15, -0.1) is 4.91 Å². The fourth-order valence-electron chi connectivity index (χ4n) is 1.95. The molecule has 0 unspecified atom stereocenters. The van der Waals surface area contributed by atoms with Crippen molar-refractivity contribution in [2.24, 2.45) is 12.2 Å². The molecule has 0 atom stereocenters. The maximum atomic E-state index is 13.3. The molecule has 20 heavy (non-hydrogen) atoms. The highest BCUT2D eigenvalue weighted by Crippen LogP contribution is 2.38. The summed E-state index contributed by atoms with van der Waals surface area (Å²) < 4.78 is 19.8. The highest BCUT2D eigenvalue weighted by atomic mass is 19.1. The molecule has 8 heteroatoms. The molecule has 2 aromatic rings. The second kappa shape index (κ2) is 4.34. The first kappa shape index (κ1) is 12.2. The number of benzene rings is 1. The lowest BCUT2D eigenvalue weighted by Gasteiger charge is -2.01. The minimum absolute atomic E-state index is 0.0342. The van der Waals surface area contributed by atoms with Gasteiger partial charge in [0.1, 0.15) is 23.6 Å². The van der Waals surface area contributed by atoms with Crippen LogP contribution in [0.5, 0.6) is 0 Å². The van der Waals surface area contributed by atoms with E-state index in [1.807, 2.05) is 0 Å². The van der Waals surface area contributed by atoms with Gasteiger partial charge >= 0.3 is 5.97 Å². The molecule has 0 amide bonds. The fourth-order valence-corrected chi connectivity index (χ4v) is 1.95. The molecule has 0 radical (unpaired) electrons. The van der Waals surface area contributed by atoms with Crippen molar-refractivity contribution in [1.82, 2.24) is 14.8 Å². The van der Waals surface area contributed by atoms with E-state index in [9.17, 15) is 14.1 Å². The second-order valence-electron chi connectivity index (χ2n) is 4.08. The highest BCUT2D eigenvalue weighted by Gasteiger charge is 2.31. The maximum Gasteiger partial charge on any atom is 0.344 e. The van der Waals surface area contributed by atoms with Crippen LogP contribution in [0.3, 0.4) is 0 Å². The second-order valence-corrected chi connectivity index (χ2v) is 4.08. The zero-order chi connectivity index (χ0) is 14.3. The lowest BCUT2D eigenvalue weighted by Crippen LogP contribution is -1.95. The standard InChI is InChI=1S/C12H7FN4O3/c1-17-10(14-5-15-17)4-9-11-7(12(18)20-9)2-6(13)3-8(11)16-19/h2-5H,1H3/b9-4-. The third-order valence-electron chi connectivity index (χ3n) is 2.86. The number of aryl methyl sites for hydroxylation is 1. The van der Waals surface area contributed by atoms with Crippen LogP contribution >= 0.6 is 0 Å². The van der Waals surface area contributed by atoms with Gasteiger partial charge in [-0.3, -0.25) is 0 Å². The Kier molecular flexibility index (Phi) is 2.63. The highest BCUT2D eigenvalue weighted by molar-refractivity contribution is 6.07. The minimum atomic E-state index is -0.738. The van der Waals surface area contributed by atoms with E-state index < -0.39 is 11.8 Å². The summed E-state index contributed by atoms with van der Waals surface area (Å²) in [6.07, 6.45) is 2.76. The number of carbonyl (C=O) groups excluding carboxylic acids is 1. The summed E-state index contributed by atoms with van der Waals surface area (Å²) in [5.41, 5.74) is -0.0679. The SMILES string of the molecule is Cn1ncnc1/C=C1\OC(=O)c2cc(F)cc(N=O)c21. The van der Waals surface area contributed by atoms with Gasteiger partial charge < -0.3 is 4.74 Å². The summed E-state index contributed by atoms with van der Waals surface area (Å²) in [5, 5.41) is 6.60. The topological polar surface area (TPSA) is 86.4 Å². The van der Waals surface area contributed by atoms with Crippen LogP contribution in [0.2, 0.25) is 0 Å². The van der Waals surface area contributed by atoms with E-state index in [0.717, 1.165) is 12.1 Å². The number of aromatic nitrogens is 3. The third-order valence-corrected chi connectivity index (χ3v) is 2.86. The van der Waals surface area contributed by atoms with Crippen LogP contribution in [0, 0.1) is 10.7 Å². The maximum absolute atomic E-state index is 13.3.